The van der Waals surface area contributed by atoms with Crippen LogP contribution in [0.1, 0.15) is 30.7 Å². The monoisotopic (exact) mass is 417 g/mol. The number of aromatic nitrogens is 1. The Morgan fingerprint density at radius 3 is 2.76 bits per heavy atom. The van der Waals surface area contributed by atoms with Gasteiger partial charge >= 0.3 is 0 Å². The highest BCUT2D eigenvalue weighted by Gasteiger charge is 2.34. The van der Waals surface area contributed by atoms with Gasteiger partial charge in [0.25, 0.3) is 0 Å². The van der Waals surface area contributed by atoms with Gasteiger partial charge in [0, 0.05) is 17.6 Å². The normalized spacial score (nSPS) is 19.1. The molecule has 1 aliphatic heterocycles. The first kappa shape index (κ1) is 21.3. The van der Waals surface area contributed by atoms with Gasteiger partial charge in [0.1, 0.15) is 11.6 Å². The maximum Gasteiger partial charge on any atom is 0.227 e. The molecular formula is C21H24FN3O3S. The van der Waals surface area contributed by atoms with Gasteiger partial charge in [-0.1, -0.05) is 36.0 Å². The number of aliphatic hydroxyl groups is 1. The van der Waals surface area contributed by atoms with Crippen molar-refractivity contribution < 1.29 is 19.0 Å². The number of benzene rings is 1. The van der Waals surface area contributed by atoms with Crippen LogP contribution in [0.4, 0.5) is 10.2 Å². The molecule has 8 heteroatoms. The van der Waals surface area contributed by atoms with Gasteiger partial charge in [-0.3, -0.25) is 4.79 Å². The maximum absolute atomic E-state index is 14.7. The molecule has 0 fully saturated rings. The molecule has 0 radical (unpaired) electrons. The number of nitrogens with one attached hydrogen (secondary N) is 1. The fraction of sp³-hybridized carbons (Fsp3) is 0.333. The first-order chi connectivity index (χ1) is 13.7. The average Bonchev–Trinajstić information content (AvgIpc) is 3.05. The van der Waals surface area contributed by atoms with Crippen molar-refractivity contribution in [1.82, 2.24) is 4.98 Å². The summed E-state index contributed by atoms with van der Waals surface area (Å²) < 4.78 is 19.8. The number of hydrogen-bond donors (Lipinski definition) is 3. The van der Waals surface area contributed by atoms with E-state index in [0.717, 1.165) is 5.69 Å². The molecule has 6 nitrogen and oxygen atoms in total. The van der Waals surface area contributed by atoms with E-state index < -0.39 is 28.6 Å². The summed E-state index contributed by atoms with van der Waals surface area (Å²) in [6, 6.07) is 10.1. The van der Waals surface area contributed by atoms with Crippen LogP contribution >= 0.6 is 11.8 Å². The number of anilines is 1. The fourth-order valence-electron chi connectivity index (χ4n) is 3.03. The Bertz CT molecular complexity index is 943. The van der Waals surface area contributed by atoms with Crippen molar-refractivity contribution in [1.29, 1.82) is 0 Å². The van der Waals surface area contributed by atoms with Crippen LogP contribution in [0.25, 0.3) is 4.91 Å². The van der Waals surface area contributed by atoms with Crippen LogP contribution in [0.2, 0.25) is 0 Å². The SMILES string of the molecule is COCc1cccc(NC2SC(c3ccc(C(C)(C)O)cc3F)=CC2C(N)=O)n1. The van der Waals surface area contributed by atoms with E-state index in [9.17, 15) is 14.3 Å². The molecule has 29 heavy (non-hydrogen) atoms. The van der Waals surface area contributed by atoms with Gasteiger partial charge in [0.2, 0.25) is 5.91 Å². The molecule has 1 amide bonds. The molecule has 2 aromatic rings. The highest BCUT2D eigenvalue weighted by Crippen LogP contribution is 2.43. The molecule has 0 aliphatic carbocycles. The number of amides is 1. The van der Waals surface area contributed by atoms with Crippen molar-refractivity contribution in [3.63, 3.8) is 0 Å². The number of methoxy groups -OCH3 is 1. The third kappa shape index (κ3) is 4.95. The molecule has 1 aromatic heterocycles. The number of nitrogens with zero attached hydrogens (tertiary/aromatic N) is 1. The van der Waals surface area contributed by atoms with E-state index >= 15 is 0 Å². The topological polar surface area (TPSA) is 97.5 Å². The smallest absolute Gasteiger partial charge is 0.227 e. The molecule has 0 saturated carbocycles. The molecule has 154 valence electrons. The zero-order valence-corrected chi connectivity index (χ0v) is 17.3. The summed E-state index contributed by atoms with van der Waals surface area (Å²) in [5.74, 6) is -1.02. The minimum atomic E-state index is -1.14. The Balaban J connectivity index is 1.84. The van der Waals surface area contributed by atoms with E-state index in [1.54, 1.807) is 45.2 Å². The molecule has 1 aliphatic rings. The number of pyridine rings is 1. The lowest BCUT2D eigenvalue weighted by Crippen LogP contribution is -2.33. The van der Waals surface area contributed by atoms with E-state index in [-0.39, 0.29) is 0 Å². The molecule has 0 bridgehead atoms. The van der Waals surface area contributed by atoms with Crippen molar-refractivity contribution in [2.75, 3.05) is 12.4 Å². The predicted molar refractivity (Wildman–Crippen MR) is 112 cm³/mol. The van der Waals surface area contributed by atoms with E-state index in [4.69, 9.17) is 10.5 Å². The zero-order chi connectivity index (χ0) is 21.2. The Morgan fingerprint density at radius 2 is 2.14 bits per heavy atom. The average molecular weight is 418 g/mol. The first-order valence-corrected chi connectivity index (χ1v) is 9.99. The number of carbonyl (C=O) groups excluding carboxylic acids is 1. The van der Waals surface area contributed by atoms with E-state index in [0.29, 0.717) is 28.5 Å². The Kier molecular flexibility index (Phi) is 6.26. The first-order valence-electron chi connectivity index (χ1n) is 9.11. The summed E-state index contributed by atoms with van der Waals surface area (Å²) in [4.78, 5) is 17.0. The van der Waals surface area contributed by atoms with Crippen molar-refractivity contribution in [2.45, 2.75) is 31.4 Å². The summed E-state index contributed by atoms with van der Waals surface area (Å²) in [5.41, 5.74) is 6.01. The molecule has 4 N–H and O–H groups in total. The third-order valence-electron chi connectivity index (χ3n) is 4.57. The standard InChI is InChI=1S/C21H24FN3O3S/c1-21(2,27)12-7-8-14(16(22)9-12)17-10-15(19(23)26)20(29-17)25-18-6-4-5-13(24-18)11-28-3/h4-10,15,20,27H,11H2,1-3H3,(H2,23,26)(H,24,25). The lowest BCUT2D eigenvalue weighted by molar-refractivity contribution is -0.120. The van der Waals surface area contributed by atoms with Crippen LogP contribution in [0.5, 0.6) is 0 Å². The third-order valence-corrected chi connectivity index (χ3v) is 5.84. The number of ether oxygens (including phenoxy) is 1. The van der Waals surface area contributed by atoms with E-state index in [1.807, 2.05) is 12.1 Å². The number of rotatable bonds is 7. The van der Waals surface area contributed by atoms with E-state index in [2.05, 4.69) is 10.3 Å². The highest BCUT2D eigenvalue weighted by molar-refractivity contribution is 8.09. The summed E-state index contributed by atoms with van der Waals surface area (Å²) in [6.07, 6.45) is 1.67. The van der Waals surface area contributed by atoms with Gasteiger partial charge in [-0.2, -0.15) is 0 Å². The summed E-state index contributed by atoms with van der Waals surface area (Å²) in [5, 5.41) is 12.9. The molecule has 0 spiro atoms. The summed E-state index contributed by atoms with van der Waals surface area (Å²) in [7, 11) is 1.59. The van der Waals surface area contributed by atoms with E-state index in [1.165, 1.54) is 17.8 Å². The van der Waals surface area contributed by atoms with Crippen molar-refractivity contribution in [2.24, 2.45) is 11.7 Å². The van der Waals surface area contributed by atoms with Crippen LogP contribution in [0.3, 0.4) is 0 Å². The van der Waals surface area contributed by atoms with Crippen LogP contribution in [-0.2, 0) is 21.7 Å². The quantitative estimate of drug-likeness (QED) is 0.640. The second kappa shape index (κ2) is 8.52. The highest BCUT2D eigenvalue weighted by atomic mass is 32.2. The van der Waals surface area contributed by atoms with Crippen LogP contribution in [0, 0.1) is 11.7 Å². The molecule has 2 unspecified atom stereocenters. The Morgan fingerprint density at radius 1 is 1.38 bits per heavy atom. The van der Waals surface area contributed by atoms with Gasteiger partial charge < -0.3 is 20.9 Å². The lowest BCUT2D eigenvalue weighted by Gasteiger charge is -2.20. The summed E-state index contributed by atoms with van der Waals surface area (Å²) in [6.45, 7) is 3.56. The van der Waals surface area contributed by atoms with Gasteiger partial charge in [-0.15, -0.1) is 0 Å². The largest absolute Gasteiger partial charge is 0.386 e. The van der Waals surface area contributed by atoms with Crippen molar-refractivity contribution in [3.8, 4) is 0 Å². The minimum absolute atomic E-state index is 0.361. The predicted octanol–water partition coefficient (Wildman–Crippen LogP) is 3.22. The second-order valence-corrected chi connectivity index (χ2v) is 8.53. The van der Waals surface area contributed by atoms with Gasteiger partial charge in [-0.25, -0.2) is 9.37 Å². The van der Waals surface area contributed by atoms with Crippen LogP contribution in [-0.4, -0.2) is 28.5 Å². The number of thioether (sulfide) groups is 1. The number of halogens is 1. The van der Waals surface area contributed by atoms with Crippen molar-refractivity contribution >= 4 is 28.4 Å². The molecule has 2 heterocycles. The number of primary amides is 1. The Hall–Kier alpha value is -2.42. The summed E-state index contributed by atoms with van der Waals surface area (Å²) >= 11 is 1.32. The fourth-order valence-corrected chi connectivity index (χ4v) is 4.36. The van der Waals surface area contributed by atoms with Crippen LogP contribution < -0.4 is 11.1 Å². The van der Waals surface area contributed by atoms with Gasteiger partial charge in [0.15, 0.2) is 0 Å². The van der Waals surface area contributed by atoms with Gasteiger partial charge in [0.05, 0.1) is 29.2 Å². The molecule has 1 aromatic carbocycles. The van der Waals surface area contributed by atoms with Gasteiger partial charge in [-0.05, 0) is 37.6 Å². The van der Waals surface area contributed by atoms with Crippen molar-refractivity contribution in [3.05, 3.63) is 65.1 Å². The molecule has 3 rings (SSSR count). The maximum atomic E-state index is 14.7. The number of hydrogen-bond acceptors (Lipinski definition) is 6. The Labute approximate surface area is 173 Å². The molecule has 2 atom stereocenters. The molecular weight excluding hydrogens is 393 g/mol. The zero-order valence-electron chi connectivity index (χ0n) is 16.5. The lowest BCUT2D eigenvalue weighted by atomic mass is 9.96. The number of nitrogens with two attached hydrogens (primary N) is 1. The minimum Gasteiger partial charge on any atom is -0.386 e. The second-order valence-electron chi connectivity index (χ2n) is 7.34. The molecule has 0 saturated heterocycles. The van der Waals surface area contributed by atoms with Crippen LogP contribution in [0.15, 0.2) is 42.5 Å². The number of carbonyl (C=O) groups is 1.